The summed E-state index contributed by atoms with van der Waals surface area (Å²) < 4.78 is 0. The Labute approximate surface area is 92.4 Å². The van der Waals surface area contributed by atoms with Crippen LogP contribution < -0.4 is 4.90 Å². The Hall–Kier alpha value is -1.38. The third-order valence-corrected chi connectivity index (χ3v) is 3.31. The maximum Gasteiger partial charge on any atom is 0.169 e. The summed E-state index contributed by atoms with van der Waals surface area (Å²) in [6.07, 6.45) is 0. The van der Waals surface area contributed by atoms with E-state index in [0.29, 0.717) is 17.0 Å². The lowest BCUT2D eigenvalue weighted by Gasteiger charge is -2.15. The molecule has 0 unspecified atom stereocenters. The Morgan fingerprint density at radius 2 is 2.40 bits per heavy atom. The second-order valence-corrected chi connectivity index (χ2v) is 4.17. The van der Waals surface area contributed by atoms with Gasteiger partial charge in [-0.2, -0.15) is 5.26 Å². The summed E-state index contributed by atoms with van der Waals surface area (Å²) in [4.78, 5) is 13.5. The van der Waals surface area contributed by atoms with E-state index in [4.69, 9.17) is 10.4 Å². The van der Waals surface area contributed by atoms with E-state index in [0.717, 1.165) is 5.00 Å². The molecule has 0 fully saturated rings. The third kappa shape index (κ3) is 2.55. The largest absolute Gasteiger partial charge is 0.395 e. The van der Waals surface area contributed by atoms with Crippen molar-refractivity contribution in [3.8, 4) is 6.07 Å². The average molecular weight is 224 g/mol. The predicted octanol–water partition coefficient (Wildman–Crippen LogP) is 1.25. The van der Waals surface area contributed by atoms with Crippen LogP contribution in [-0.4, -0.2) is 31.1 Å². The molecule has 0 radical (unpaired) electrons. The van der Waals surface area contributed by atoms with Crippen LogP contribution in [0.1, 0.15) is 22.2 Å². The van der Waals surface area contributed by atoms with Gasteiger partial charge in [0.2, 0.25) is 0 Å². The molecule has 15 heavy (non-hydrogen) atoms. The Kier molecular flexibility index (Phi) is 3.83. The van der Waals surface area contributed by atoms with E-state index in [9.17, 15) is 4.79 Å². The van der Waals surface area contributed by atoms with E-state index in [-0.39, 0.29) is 12.4 Å². The van der Waals surface area contributed by atoms with Crippen molar-refractivity contribution in [2.75, 3.05) is 25.1 Å². The molecule has 0 saturated heterocycles. The van der Waals surface area contributed by atoms with Crippen molar-refractivity contribution in [3.05, 3.63) is 16.5 Å². The van der Waals surface area contributed by atoms with Gasteiger partial charge in [0, 0.05) is 13.6 Å². The molecule has 1 N–H and O–H groups in total. The molecule has 0 bridgehead atoms. The zero-order valence-corrected chi connectivity index (χ0v) is 9.47. The maximum absolute atomic E-state index is 11.1. The molecular weight excluding hydrogens is 212 g/mol. The van der Waals surface area contributed by atoms with Crippen LogP contribution >= 0.6 is 11.3 Å². The number of Topliss-reactive ketones (excluding diaryl/α,β-unsaturated/α-hetero) is 1. The Balaban J connectivity index is 3.06. The number of hydrogen-bond acceptors (Lipinski definition) is 5. The minimum absolute atomic E-state index is 0.0225. The van der Waals surface area contributed by atoms with Gasteiger partial charge in [0.25, 0.3) is 0 Å². The lowest BCUT2D eigenvalue weighted by Crippen LogP contribution is -2.20. The van der Waals surface area contributed by atoms with Gasteiger partial charge >= 0.3 is 0 Å². The number of nitrogens with zero attached hydrogens (tertiary/aromatic N) is 2. The molecule has 5 heteroatoms. The molecule has 0 aliphatic rings. The second kappa shape index (κ2) is 4.91. The maximum atomic E-state index is 11.1. The van der Waals surface area contributed by atoms with Gasteiger partial charge in [0.15, 0.2) is 5.78 Å². The summed E-state index contributed by atoms with van der Waals surface area (Å²) in [6, 6.07) is 3.64. The fourth-order valence-corrected chi connectivity index (χ4v) is 2.16. The van der Waals surface area contributed by atoms with Crippen LogP contribution in [0.4, 0.5) is 5.00 Å². The molecule has 0 saturated carbocycles. The molecule has 1 heterocycles. The van der Waals surface area contributed by atoms with E-state index in [1.54, 1.807) is 18.0 Å². The van der Waals surface area contributed by atoms with Gasteiger partial charge in [-0.15, -0.1) is 11.3 Å². The van der Waals surface area contributed by atoms with Gasteiger partial charge in [0.1, 0.15) is 11.1 Å². The van der Waals surface area contributed by atoms with Crippen LogP contribution in [0.15, 0.2) is 6.07 Å². The molecule has 1 aromatic heterocycles. The Morgan fingerprint density at radius 1 is 1.73 bits per heavy atom. The number of carbonyl (C=O) groups excluding carboxylic acids is 1. The highest BCUT2D eigenvalue weighted by atomic mass is 32.1. The Bertz CT molecular complexity index is 406. The van der Waals surface area contributed by atoms with E-state index in [1.807, 2.05) is 6.07 Å². The van der Waals surface area contributed by atoms with Crippen LogP contribution in [-0.2, 0) is 0 Å². The fraction of sp³-hybridized carbons (Fsp3) is 0.400. The van der Waals surface area contributed by atoms with Gasteiger partial charge < -0.3 is 10.0 Å². The van der Waals surface area contributed by atoms with Crippen molar-refractivity contribution >= 4 is 22.1 Å². The normalized spacial score (nSPS) is 9.73. The summed E-state index contributed by atoms with van der Waals surface area (Å²) in [5, 5.41) is 18.4. The molecule has 0 spiro atoms. The highest BCUT2D eigenvalue weighted by Gasteiger charge is 2.14. The van der Waals surface area contributed by atoms with Gasteiger partial charge in [-0.25, -0.2) is 0 Å². The molecule has 0 aliphatic carbocycles. The zero-order valence-electron chi connectivity index (χ0n) is 8.65. The molecule has 1 aromatic rings. The number of thiophene rings is 1. The van der Waals surface area contributed by atoms with Crippen LogP contribution in [0.25, 0.3) is 0 Å². The quantitative estimate of drug-likeness (QED) is 0.782. The lowest BCUT2D eigenvalue weighted by atomic mass is 10.2. The summed E-state index contributed by atoms with van der Waals surface area (Å²) >= 11 is 1.28. The third-order valence-electron chi connectivity index (χ3n) is 1.96. The molecule has 0 atom stereocenters. The number of aliphatic hydroxyl groups is 1. The summed E-state index contributed by atoms with van der Waals surface area (Å²) in [7, 11) is 1.78. The number of rotatable bonds is 4. The first-order valence-electron chi connectivity index (χ1n) is 4.47. The molecule has 4 nitrogen and oxygen atoms in total. The standard InChI is InChI=1S/C10H12N2O2S/c1-7(14)9-5-8(6-11)10(15-9)12(2)3-4-13/h5,13H,3-4H2,1-2H3. The van der Waals surface area contributed by atoms with Crippen LogP contribution in [0.2, 0.25) is 0 Å². The number of likely N-dealkylation sites (N-methyl/N-ethyl adjacent to an activating group) is 1. The number of ketones is 1. The predicted molar refractivity (Wildman–Crippen MR) is 59.4 cm³/mol. The van der Waals surface area contributed by atoms with E-state index >= 15 is 0 Å². The van der Waals surface area contributed by atoms with Crippen molar-refractivity contribution in [2.24, 2.45) is 0 Å². The van der Waals surface area contributed by atoms with Crippen molar-refractivity contribution in [2.45, 2.75) is 6.92 Å². The topological polar surface area (TPSA) is 64.3 Å². The number of aliphatic hydroxyl groups excluding tert-OH is 1. The number of nitriles is 1. The number of carbonyl (C=O) groups is 1. The molecule has 1 rings (SSSR count). The van der Waals surface area contributed by atoms with Crippen molar-refractivity contribution in [1.29, 1.82) is 5.26 Å². The first kappa shape index (κ1) is 11.7. The smallest absolute Gasteiger partial charge is 0.169 e. The number of hydrogen-bond donors (Lipinski definition) is 1. The summed E-state index contributed by atoms with van der Waals surface area (Å²) in [5.74, 6) is -0.0415. The second-order valence-electron chi connectivity index (χ2n) is 3.14. The first-order chi connectivity index (χ1) is 7.10. The molecular formula is C10H12N2O2S. The van der Waals surface area contributed by atoms with Gasteiger partial charge in [-0.3, -0.25) is 4.79 Å². The molecule has 0 aliphatic heterocycles. The lowest BCUT2D eigenvalue weighted by molar-refractivity contribution is 0.102. The highest BCUT2D eigenvalue weighted by molar-refractivity contribution is 7.18. The van der Waals surface area contributed by atoms with Gasteiger partial charge in [-0.05, 0) is 13.0 Å². The minimum Gasteiger partial charge on any atom is -0.395 e. The fourth-order valence-electron chi connectivity index (χ4n) is 1.17. The average Bonchev–Trinajstić information content (AvgIpc) is 2.61. The van der Waals surface area contributed by atoms with Gasteiger partial charge in [0.05, 0.1) is 17.0 Å². The summed E-state index contributed by atoms with van der Waals surface area (Å²) in [5.41, 5.74) is 0.487. The zero-order chi connectivity index (χ0) is 11.4. The van der Waals surface area contributed by atoms with Crippen LogP contribution in [0, 0.1) is 11.3 Å². The van der Waals surface area contributed by atoms with E-state index < -0.39 is 0 Å². The van der Waals surface area contributed by atoms with E-state index in [1.165, 1.54) is 18.3 Å². The van der Waals surface area contributed by atoms with Crippen LogP contribution in [0.3, 0.4) is 0 Å². The van der Waals surface area contributed by atoms with E-state index in [2.05, 4.69) is 0 Å². The van der Waals surface area contributed by atoms with Gasteiger partial charge in [-0.1, -0.05) is 0 Å². The van der Waals surface area contributed by atoms with Crippen molar-refractivity contribution < 1.29 is 9.90 Å². The summed E-state index contributed by atoms with van der Waals surface area (Å²) in [6.45, 7) is 1.95. The Morgan fingerprint density at radius 3 is 2.87 bits per heavy atom. The molecule has 80 valence electrons. The molecule has 0 aromatic carbocycles. The first-order valence-corrected chi connectivity index (χ1v) is 5.28. The minimum atomic E-state index is -0.0415. The molecule has 0 amide bonds. The van der Waals surface area contributed by atoms with Crippen LogP contribution in [0.5, 0.6) is 0 Å². The SMILES string of the molecule is CC(=O)c1cc(C#N)c(N(C)CCO)s1. The van der Waals surface area contributed by atoms with Crippen molar-refractivity contribution in [3.63, 3.8) is 0 Å². The highest BCUT2D eigenvalue weighted by Crippen LogP contribution is 2.30. The van der Waals surface area contributed by atoms with Crippen molar-refractivity contribution in [1.82, 2.24) is 0 Å². The monoisotopic (exact) mass is 224 g/mol. The number of anilines is 1.